The largest absolute Gasteiger partial charge is 4.00 e. The van der Waals surface area contributed by atoms with E-state index in [1.165, 1.54) is 71.2 Å². The number of hydrogen-bond donors (Lipinski definition) is 0. The molecule has 0 unspecified atom stereocenters. The van der Waals surface area contributed by atoms with Crippen molar-refractivity contribution in [1.29, 1.82) is 0 Å². The van der Waals surface area contributed by atoms with Crippen molar-refractivity contribution in [2.75, 3.05) is 0 Å². The number of unbranched alkanes of at least 4 members (excludes halogenated alkanes) is 2. The number of fused-ring (bicyclic) bond motifs is 2. The van der Waals surface area contributed by atoms with E-state index in [1.807, 2.05) is 0 Å². The molecule has 0 bridgehead atoms. The number of rotatable bonds is 6. The van der Waals surface area contributed by atoms with E-state index in [4.69, 9.17) is 0 Å². The van der Waals surface area contributed by atoms with Crippen molar-refractivity contribution in [3.8, 4) is 0 Å². The average molecular weight is 747 g/mol. The molecule has 0 atom stereocenters. The molecule has 0 spiro atoms. The normalized spacial score (nSPS) is 9.38. The molecule has 0 saturated heterocycles. The Morgan fingerprint density at radius 1 is 0.656 bits per heavy atom. The zero-order valence-corrected chi connectivity index (χ0v) is 27.9. The molecule has 171 valence electrons. The molecule has 0 heterocycles. The second kappa shape index (κ2) is 20.6. The number of aryl methyl sites for hydroxylation is 2. The van der Waals surface area contributed by atoms with Crippen LogP contribution in [-0.2, 0) is 39.0 Å². The first-order valence-corrected chi connectivity index (χ1v) is 13.5. The van der Waals surface area contributed by atoms with Crippen molar-refractivity contribution in [2.45, 2.75) is 65.5 Å². The van der Waals surface area contributed by atoms with Crippen LogP contribution in [0.15, 0.2) is 72.8 Å². The fourth-order valence-electron chi connectivity index (χ4n) is 3.48. The number of halogens is 2. The second-order valence-corrected chi connectivity index (χ2v) is 8.92. The summed E-state index contributed by atoms with van der Waals surface area (Å²) in [6, 6.07) is 26.4. The van der Waals surface area contributed by atoms with Crippen molar-refractivity contribution in [2.24, 2.45) is 0 Å². The third-order valence-corrected chi connectivity index (χ3v) is 4.99. The van der Waals surface area contributed by atoms with Crippen molar-refractivity contribution in [3.63, 3.8) is 0 Å². The van der Waals surface area contributed by atoms with E-state index in [-0.39, 0.29) is 74.2 Å². The van der Waals surface area contributed by atoms with Gasteiger partial charge in [-0.3, -0.25) is 0 Å². The smallest absolute Gasteiger partial charge is 1.00 e. The molecule has 0 aliphatic carbocycles. The van der Waals surface area contributed by atoms with Crippen molar-refractivity contribution < 1.29 is 74.2 Å². The van der Waals surface area contributed by atoms with Gasteiger partial charge in [-0.15, -0.1) is 81.2 Å². The van der Waals surface area contributed by atoms with Crippen LogP contribution >= 0.6 is 0 Å². The monoisotopic (exact) mass is 745 g/mol. The zero-order chi connectivity index (χ0) is 20.9. The predicted molar refractivity (Wildman–Crippen MR) is 135 cm³/mol. The minimum Gasteiger partial charge on any atom is -1.00 e. The Bertz CT molecular complexity index is 814. The number of hydrogen-bond acceptors (Lipinski definition) is 0. The fourth-order valence-corrected chi connectivity index (χ4v) is 3.48. The molecule has 0 saturated carbocycles. The van der Waals surface area contributed by atoms with Crippen LogP contribution < -0.4 is 48.0 Å². The van der Waals surface area contributed by atoms with E-state index in [0.29, 0.717) is 0 Å². The van der Waals surface area contributed by atoms with Gasteiger partial charge >= 0.3 is 26.2 Å². The van der Waals surface area contributed by atoms with Crippen molar-refractivity contribution in [1.82, 2.24) is 0 Å². The van der Waals surface area contributed by atoms with Crippen molar-refractivity contribution >= 4 is 31.1 Å². The van der Waals surface area contributed by atoms with E-state index in [9.17, 15) is 0 Å². The summed E-state index contributed by atoms with van der Waals surface area (Å²) in [6.45, 7) is 8.89. The van der Waals surface area contributed by atoms with Gasteiger partial charge in [0.15, 0.2) is 0 Å². The van der Waals surface area contributed by atoms with E-state index < -0.39 is 0 Å². The van der Waals surface area contributed by atoms with Gasteiger partial charge in [-0.25, -0.2) is 0 Å². The number of benzene rings is 2. The summed E-state index contributed by atoms with van der Waals surface area (Å²) in [4.78, 5) is 0. The van der Waals surface area contributed by atoms with E-state index in [1.54, 1.807) is 0 Å². The Kier molecular flexibility index (Phi) is 22.1. The maximum absolute atomic E-state index is 2.31. The molecule has 32 heavy (non-hydrogen) atoms. The van der Waals surface area contributed by atoms with Gasteiger partial charge in [0.25, 0.3) is 0 Å². The topological polar surface area (TPSA) is 0 Å². The van der Waals surface area contributed by atoms with Crippen LogP contribution in [0, 0.1) is 0 Å². The summed E-state index contributed by atoms with van der Waals surface area (Å²) in [5, 5.41) is 5.53. The fraction of sp³-hybridized carbons (Fsp3) is 0.357. The van der Waals surface area contributed by atoms with Gasteiger partial charge in [0.2, 0.25) is 0 Å². The van der Waals surface area contributed by atoms with Gasteiger partial charge in [0.1, 0.15) is 0 Å². The van der Waals surface area contributed by atoms with Crippen LogP contribution in [-0.4, -0.2) is 9.52 Å². The predicted octanol–water partition coefficient (Wildman–Crippen LogP) is 2.33. The minimum atomic E-state index is 0. The first kappa shape index (κ1) is 34.4. The van der Waals surface area contributed by atoms with Crippen molar-refractivity contribution in [3.05, 3.63) is 83.9 Å². The molecule has 0 N–H and O–H groups in total. The third-order valence-electron chi connectivity index (χ3n) is 4.99. The molecular formula is C28H37I2SiZr. The minimum absolute atomic E-state index is 0. The quantitative estimate of drug-likeness (QED) is 0.162. The Labute approximate surface area is 252 Å². The van der Waals surface area contributed by atoms with Gasteiger partial charge in [0.05, 0.1) is 0 Å². The van der Waals surface area contributed by atoms with Gasteiger partial charge in [-0.2, -0.15) is 12.1 Å². The second-order valence-electron chi connectivity index (χ2n) is 7.77. The molecule has 4 heteroatoms. The molecule has 0 aliphatic heterocycles. The standard InChI is InChI=1S/2C13H15.C2H7Si.2HI.Zr/c2*1-2-3-6-11-9-12-7-4-5-8-13(12)10-11;1-3-2;;;/h2*4-5,7-10H,2-3,6H2,1H3;3H,1-2H3;2*1H;/q2*-1;;;;+4/p-2. The Morgan fingerprint density at radius 2 is 1.00 bits per heavy atom. The van der Waals surface area contributed by atoms with Crippen LogP contribution in [0.4, 0.5) is 0 Å². The maximum Gasteiger partial charge on any atom is 4.00 e. The Morgan fingerprint density at radius 3 is 1.31 bits per heavy atom. The van der Waals surface area contributed by atoms with Crippen LogP contribution in [0.5, 0.6) is 0 Å². The summed E-state index contributed by atoms with van der Waals surface area (Å²) in [6.07, 6.45) is 7.62. The van der Waals surface area contributed by atoms with Crippen LogP contribution in [0.1, 0.15) is 50.7 Å². The summed E-state index contributed by atoms with van der Waals surface area (Å²) < 4.78 is 0. The van der Waals surface area contributed by atoms with E-state index >= 15 is 0 Å². The summed E-state index contributed by atoms with van der Waals surface area (Å²) in [5.74, 6) is 0. The molecule has 1 radical (unpaired) electrons. The Balaban J connectivity index is 0. The summed E-state index contributed by atoms with van der Waals surface area (Å²) in [7, 11) is 0.750. The molecular weight excluding hydrogens is 709 g/mol. The summed E-state index contributed by atoms with van der Waals surface area (Å²) in [5.41, 5.74) is 2.98. The first-order valence-electron chi connectivity index (χ1n) is 11.2. The van der Waals surface area contributed by atoms with Gasteiger partial charge in [0, 0.05) is 9.52 Å². The molecule has 4 aromatic rings. The van der Waals surface area contributed by atoms with Crippen LogP contribution in [0.25, 0.3) is 21.5 Å². The molecule has 4 rings (SSSR count). The van der Waals surface area contributed by atoms with E-state index in [0.717, 1.165) is 9.52 Å². The molecule has 0 aliphatic rings. The molecule has 0 fully saturated rings. The molecule has 4 aromatic carbocycles. The maximum atomic E-state index is 2.31. The van der Waals surface area contributed by atoms with E-state index in [2.05, 4.69) is 99.7 Å². The third kappa shape index (κ3) is 12.1. The molecule has 0 aromatic heterocycles. The van der Waals surface area contributed by atoms with Crippen LogP contribution in [0.2, 0.25) is 13.1 Å². The Hall–Kier alpha value is 0.220. The zero-order valence-electron chi connectivity index (χ0n) is 20.0. The SMILES string of the molecule is CCCCc1cc2ccccc2[cH-]1.CCCCc1cc2ccccc2[cH-]1.C[SiH]C.[I-].[I-].[Zr+4]. The first-order chi connectivity index (χ1) is 14.2. The molecule has 0 amide bonds. The molecule has 0 nitrogen and oxygen atoms in total. The summed E-state index contributed by atoms with van der Waals surface area (Å²) >= 11 is 0. The van der Waals surface area contributed by atoms with Gasteiger partial charge in [-0.05, 0) is 12.8 Å². The average Bonchev–Trinajstić information content (AvgIpc) is 3.35. The van der Waals surface area contributed by atoms with Gasteiger partial charge in [-0.1, -0.05) is 64.8 Å². The van der Waals surface area contributed by atoms with Crippen LogP contribution in [0.3, 0.4) is 0 Å². The van der Waals surface area contributed by atoms with Gasteiger partial charge < -0.3 is 48.0 Å².